The average Bonchev–Trinajstić information content (AvgIpc) is 2.32. The standard InChI is InChI=1S/C11H11NO7/c1-2-19-10(15)5-8(13)6-3-7(12(17)18)11(16)9(14)4-6/h3-4,14,16H,2,5H2,1H3. The largest absolute Gasteiger partial charge is 0.504 e. The number of aromatic hydroxyl groups is 2. The van der Waals surface area contributed by atoms with Gasteiger partial charge in [0.25, 0.3) is 0 Å². The maximum Gasteiger partial charge on any atom is 0.315 e. The van der Waals surface area contributed by atoms with E-state index >= 15 is 0 Å². The molecule has 8 nitrogen and oxygen atoms in total. The van der Waals surface area contributed by atoms with Gasteiger partial charge in [-0.05, 0) is 13.0 Å². The fourth-order valence-electron chi connectivity index (χ4n) is 1.35. The van der Waals surface area contributed by atoms with Crippen molar-refractivity contribution in [2.45, 2.75) is 13.3 Å². The summed E-state index contributed by atoms with van der Waals surface area (Å²) >= 11 is 0. The maximum atomic E-state index is 11.7. The molecule has 102 valence electrons. The van der Waals surface area contributed by atoms with Crippen LogP contribution in [-0.2, 0) is 9.53 Å². The third kappa shape index (κ3) is 3.41. The lowest BCUT2D eigenvalue weighted by atomic mass is 10.1. The number of hydrogen-bond acceptors (Lipinski definition) is 7. The van der Waals surface area contributed by atoms with Gasteiger partial charge in [-0.25, -0.2) is 0 Å². The Balaban J connectivity index is 3.05. The van der Waals surface area contributed by atoms with Crippen molar-refractivity contribution in [1.29, 1.82) is 0 Å². The van der Waals surface area contributed by atoms with Crippen LogP contribution in [0.3, 0.4) is 0 Å². The van der Waals surface area contributed by atoms with E-state index in [0.29, 0.717) is 0 Å². The Morgan fingerprint density at radius 1 is 1.37 bits per heavy atom. The fraction of sp³-hybridized carbons (Fsp3) is 0.273. The molecule has 8 heteroatoms. The van der Waals surface area contributed by atoms with Crippen molar-refractivity contribution in [2.24, 2.45) is 0 Å². The highest BCUT2D eigenvalue weighted by Crippen LogP contribution is 2.36. The number of nitro groups is 1. The van der Waals surface area contributed by atoms with Crippen molar-refractivity contribution in [3.05, 3.63) is 27.8 Å². The van der Waals surface area contributed by atoms with Crippen LogP contribution in [0, 0.1) is 10.1 Å². The highest BCUT2D eigenvalue weighted by atomic mass is 16.6. The molecule has 0 aliphatic heterocycles. The minimum absolute atomic E-state index is 0.104. The zero-order valence-electron chi connectivity index (χ0n) is 9.95. The molecule has 0 unspecified atom stereocenters. The smallest absolute Gasteiger partial charge is 0.315 e. The van der Waals surface area contributed by atoms with Gasteiger partial charge >= 0.3 is 11.7 Å². The summed E-state index contributed by atoms with van der Waals surface area (Å²) in [5.74, 6) is -3.27. The Bertz CT molecular complexity index is 538. The number of esters is 1. The molecule has 0 fully saturated rings. The van der Waals surface area contributed by atoms with Crippen LogP contribution < -0.4 is 0 Å². The van der Waals surface area contributed by atoms with E-state index in [-0.39, 0.29) is 12.2 Å². The first kappa shape index (κ1) is 14.4. The van der Waals surface area contributed by atoms with Gasteiger partial charge in [0.15, 0.2) is 11.5 Å². The quantitative estimate of drug-likeness (QED) is 0.205. The maximum absolute atomic E-state index is 11.7. The van der Waals surface area contributed by atoms with Gasteiger partial charge in [0, 0.05) is 11.6 Å². The first-order chi connectivity index (χ1) is 8.86. The van der Waals surface area contributed by atoms with Gasteiger partial charge in [0.05, 0.1) is 11.5 Å². The van der Waals surface area contributed by atoms with Crippen LogP contribution in [0.15, 0.2) is 12.1 Å². The van der Waals surface area contributed by atoms with Crippen LogP contribution in [0.5, 0.6) is 11.5 Å². The van der Waals surface area contributed by atoms with E-state index in [1.807, 2.05) is 0 Å². The van der Waals surface area contributed by atoms with Crippen molar-refractivity contribution < 1.29 is 29.5 Å². The molecule has 0 heterocycles. The summed E-state index contributed by atoms with van der Waals surface area (Å²) in [7, 11) is 0. The van der Waals surface area contributed by atoms with Crippen LogP contribution in [0.4, 0.5) is 5.69 Å². The molecule has 1 aromatic rings. The monoisotopic (exact) mass is 269 g/mol. The van der Waals surface area contributed by atoms with E-state index in [0.717, 1.165) is 12.1 Å². The normalized spacial score (nSPS) is 9.95. The van der Waals surface area contributed by atoms with E-state index in [4.69, 9.17) is 0 Å². The molecule has 1 rings (SSSR count). The van der Waals surface area contributed by atoms with Gasteiger partial charge in [0.2, 0.25) is 5.75 Å². The van der Waals surface area contributed by atoms with Crippen molar-refractivity contribution in [2.75, 3.05) is 6.61 Å². The molecular formula is C11H11NO7. The van der Waals surface area contributed by atoms with E-state index in [1.165, 1.54) is 0 Å². The number of nitro benzene ring substituents is 1. The fourth-order valence-corrected chi connectivity index (χ4v) is 1.35. The molecular weight excluding hydrogens is 258 g/mol. The second-order valence-corrected chi connectivity index (χ2v) is 3.53. The minimum atomic E-state index is -0.948. The van der Waals surface area contributed by atoms with Crippen molar-refractivity contribution in [3.63, 3.8) is 0 Å². The number of carbonyl (C=O) groups is 2. The number of ketones is 1. The summed E-state index contributed by atoms with van der Waals surface area (Å²) < 4.78 is 4.56. The molecule has 0 bridgehead atoms. The number of phenols is 2. The highest BCUT2D eigenvalue weighted by Gasteiger charge is 2.22. The Labute approximate surface area is 107 Å². The van der Waals surface area contributed by atoms with E-state index in [2.05, 4.69) is 4.74 Å². The van der Waals surface area contributed by atoms with Gasteiger partial charge in [-0.2, -0.15) is 0 Å². The van der Waals surface area contributed by atoms with Crippen molar-refractivity contribution in [3.8, 4) is 11.5 Å². The predicted molar refractivity (Wildman–Crippen MR) is 62.0 cm³/mol. The van der Waals surface area contributed by atoms with E-state index < -0.39 is 40.3 Å². The molecule has 19 heavy (non-hydrogen) atoms. The number of hydrogen-bond donors (Lipinski definition) is 2. The molecule has 2 N–H and O–H groups in total. The van der Waals surface area contributed by atoms with Crippen LogP contribution in [0.2, 0.25) is 0 Å². The topological polar surface area (TPSA) is 127 Å². The zero-order valence-corrected chi connectivity index (χ0v) is 9.95. The highest BCUT2D eigenvalue weighted by molar-refractivity contribution is 6.06. The number of carbonyl (C=O) groups excluding carboxylic acids is 2. The summed E-state index contributed by atoms with van der Waals surface area (Å²) in [5, 5.41) is 29.1. The van der Waals surface area contributed by atoms with Crippen LogP contribution in [0.1, 0.15) is 23.7 Å². The molecule has 0 aromatic heterocycles. The molecule has 0 spiro atoms. The number of nitrogens with zero attached hydrogens (tertiary/aromatic N) is 1. The minimum Gasteiger partial charge on any atom is -0.504 e. The Morgan fingerprint density at radius 3 is 2.53 bits per heavy atom. The third-order valence-corrected chi connectivity index (χ3v) is 2.20. The number of rotatable bonds is 5. The zero-order chi connectivity index (χ0) is 14.6. The lowest BCUT2D eigenvalue weighted by molar-refractivity contribution is -0.386. The van der Waals surface area contributed by atoms with Gasteiger partial charge < -0.3 is 14.9 Å². The number of Topliss-reactive ketones (excluding diaryl/α,β-unsaturated/α-hetero) is 1. The molecule has 0 saturated carbocycles. The summed E-state index contributed by atoms with van der Waals surface area (Å²) in [5.41, 5.74) is -1.07. The second-order valence-electron chi connectivity index (χ2n) is 3.53. The Kier molecular flexibility index (Phi) is 4.41. The Hall–Kier alpha value is -2.64. The third-order valence-electron chi connectivity index (χ3n) is 2.20. The average molecular weight is 269 g/mol. The number of phenolic OH excluding ortho intramolecular Hbond substituents is 2. The SMILES string of the molecule is CCOC(=O)CC(=O)c1cc(O)c(O)c([N+](=O)[O-])c1. The van der Waals surface area contributed by atoms with Crippen LogP contribution in [-0.4, -0.2) is 33.5 Å². The van der Waals surface area contributed by atoms with Gasteiger partial charge in [-0.1, -0.05) is 0 Å². The van der Waals surface area contributed by atoms with Gasteiger partial charge in [-0.3, -0.25) is 19.7 Å². The summed E-state index contributed by atoms with van der Waals surface area (Å²) in [6.45, 7) is 1.67. The summed E-state index contributed by atoms with van der Waals surface area (Å²) in [6.07, 6.45) is -0.602. The summed E-state index contributed by atoms with van der Waals surface area (Å²) in [4.78, 5) is 32.4. The van der Waals surface area contributed by atoms with Crippen LogP contribution in [0.25, 0.3) is 0 Å². The number of ether oxygens (including phenoxy) is 1. The van der Waals surface area contributed by atoms with Crippen molar-refractivity contribution in [1.82, 2.24) is 0 Å². The lowest BCUT2D eigenvalue weighted by Gasteiger charge is -2.04. The molecule has 0 aliphatic carbocycles. The van der Waals surface area contributed by atoms with Crippen molar-refractivity contribution >= 4 is 17.4 Å². The first-order valence-electron chi connectivity index (χ1n) is 5.26. The van der Waals surface area contributed by atoms with Gasteiger partial charge in [-0.15, -0.1) is 0 Å². The summed E-state index contributed by atoms with van der Waals surface area (Å²) in [6, 6.07) is 1.64. The van der Waals surface area contributed by atoms with E-state index in [9.17, 15) is 29.9 Å². The second kappa shape index (κ2) is 5.80. The lowest BCUT2D eigenvalue weighted by Crippen LogP contribution is -2.11. The van der Waals surface area contributed by atoms with E-state index in [1.54, 1.807) is 6.92 Å². The molecule has 0 atom stereocenters. The van der Waals surface area contributed by atoms with Gasteiger partial charge in [0.1, 0.15) is 6.42 Å². The molecule has 0 aliphatic rings. The van der Waals surface area contributed by atoms with Crippen LogP contribution >= 0.6 is 0 Å². The predicted octanol–water partition coefficient (Wildman–Crippen LogP) is 1.14. The molecule has 0 radical (unpaired) electrons. The molecule has 0 saturated heterocycles. The number of benzene rings is 1. The Morgan fingerprint density at radius 2 is 2.00 bits per heavy atom. The molecule has 1 aromatic carbocycles. The molecule has 0 amide bonds. The first-order valence-corrected chi connectivity index (χ1v) is 5.26.